The Morgan fingerprint density at radius 2 is 2.15 bits per heavy atom. The highest BCUT2D eigenvalue weighted by Crippen LogP contribution is 2.35. The number of hydrogen-bond donors (Lipinski definition) is 2. The Hall–Kier alpha value is -1.43. The molecule has 1 aliphatic carbocycles. The predicted molar refractivity (Wildman–Crippen MR) is 72.8 cm³/mol. The van der Waals surface area contributed by atoms with Crippen LogP contribution < -0.4 is 0 Å². The van der Waals surface area contributed by atoms with Gasteiger partial charge >= 0.3 is 5.97 Å². The van der Waals surface area contributed by atoms with Gasteiger partial charge in [-0.05, 0) is 37.8 Å². The minimum Gasteiger partial charge on any atom is -0.454 e. The molecule has 110 valence electrons. The van der Waals surface area contributed by atoms with E-state index in [1.165, 1.54) is 0 Å². The molecule has 0 bridgehead atoms. The third-order valence-electron chi connectivity index (χ3n) is 3.98. The quantitative estimate of drug-likeness (QED) is 0.252. The van der Waals surface area contributed by atoms with Crippen molar-refractivity contribution in [2.24, 2.45) is 5.92 Å². The number of hydrogen-bond acceptors (Lipinski definition) is 5. The zero-order valence-corrected chi connectivity index (χ0v) is 11.5. The Morgan fingerprint density at radius 1 is 1.45 bits per heavy atom. The van der Waals surface area contributed by atoms with Crippen LogP contribution >= 0.6 is 0 Å². The number of ether oxygens (including phenoxy) is 1. The van der Waals surface area contributed by atoms with E-state index >= 15 is 0 Å². The van der Waals surface area contributed by atoms with Gasteiger partial charge in [0.2, 0.25) is 0 Å². The van der Waals surface area contributed by atoms with Crippen LogP contribution in [0.4, 0.5) is 0 Å². The number of esters is 1. The average molecular weight is 280 g/mol. The van der Waals surface area contributed by atoms with E-state index in [0.29, 0.717) is 18.4 Å². The maximum absolute atomic E-state index is 11.6. The monoisotopic (exact) mass is 280 g/mol. The molecule has 1 heterocycles. The van der Waals surface area contributed by atoms with Gasteiger partial charge in [0.1, 0.15) is 12.2 Å². The van der Waals surface area contributed by atoms with E-state index in [1.54, 1.807) is 0 Å². The van der Waals surface area contributed by atoms with Crippen molar-refractivity contribution in [3.8, 4) is 0 Å². The molecule has 1 fully saturated rings. The third kappa shape index (κ3) is 2.85. The van der Waals surface area contributed by atoms with Crippen molar-refractivity contribution in [1.82, 2.24) is 0 Å². The van der Waals surface area contributed by atoms with E-state index < -0.39 is 30.2 Å². The first-order valence-electron chi connectivity index (χ1n) is 6.67. The van der Waals surface area contributed by atoms with Crippen LogP contribution in [0.15, 0.2) is 36.0 Å². The summed E-state index contributed by atoms with van der Waals surface area (Å²) in [7, 11) is 0. The normalized spacial score (nSPS) is 38.0. The minimum absolute atomic E-state index is 0.231. The lowest BCUT2D eigenvalue weighted by Crippen LogP contribution is -2.31. The molecule has 0 saturated carbocycles. The number of rotatable bonds is 1. The van der Waals surface area contributed by atoms with Crippen LogP contribution in [0.25, 0.3) is 0 Å². The van der Waals surface area contributed by atoms with Crippen molar-refractivity contribution in [1.29, 1.82) is 0 Å². The minimum atomic E-state index is -0.841. The largest absolute Gasteiger partial charge is 0.454 e. The molecule has 0 spiro atoms. The highest BCUT2D eigenvalue weighted by atomic mass is 17.1. The van der Waals surface area contributed by atoms with E-state index in [2.05, 4.69) is 18.0 Å². The zero-order valence-electron chi connectivity index (χ0n) is 11.5. The second-order valence-corrected chi connectivity index (χ2v) is 5.50. The molecule has 1 aliphatic heterocycles. The summed E-state index contributed by atoms with van der Waals surface area (Å²) in [5.41, 5.74) is 1.88. The van der Waals surface area contributed by atoms with Crippen LogP contribution in [-0.4, -0.2) is 34.6 Å². The summed E-state index contributed by atoms with van der Waals surface area (Å²) in [5.74, 6) is -0.949. The van der Waals surface area contributed by atoms with E-state index in [4.69, 9.17) is 9.99 Å². The van der Waals surface area contributed by atoms with Gasteiger partial charge < -0.3 is 9.84 Å². The molecular formula is C15H20O5. The second-order valence-electron chi connectivity index (χ2n) is 5.50. The van der Waals surface area contributed by atoms with Crippen molar-refractivity contribution in [3.05, 3.63) is 36.0 Å². The molecule has 1 saturated heterocycles. The van der Waals surface area contributed by atoms with Gasteiger partial charge in [-0.15, -0.1) is 0 Å². The maximum atomic E-state index is 11.6. The number of carbonyl (C=O) groups is 1. The van der Waals surface area contributed by atoms with Gasteiger partial charge in [-0.2, -0.15) is 0 Å². The molecule has 0 aromatic carbocycles. The first-order chi connectivity index (χ1) is 9.43. The molecule has 2 rings (SSSR count). The fourth-order valence-electron chi connectivity index (χ4n) is 2.78. The van der Waals surface area contributed by atoms with Crippen molar-refractivity contribution in [2.75, 3.05) is 0 Å². The Balaban J connectivity index is 2.31. The summed E-state index contributed by atoms with van der Waals surface area (Å²) in [5, 5.41) is 19.3. The predicted octanol–water partition coefficient (Wildman–Crippen LogP) is 1.99. The van der Waals surface area contributed by atoms with Crippen LogP contribution in [-0.2, 0) is 14.4 Å². The first-order valence-corrected chi connectivity index (χ1v) is 6.67. The molecule has 0 unspecified atom stereocenters. The highest BCUT2D eigenvalue weighted by molar-refractivity contribution is 5.91. The summed E-state index contributed by atoms with van der Waals surface area (Å²) < 4.78 is 5.25. The molecule has 0 radical (unpaired) electrons. The van der Waals surface area contributed by atoms with Gasteiger partial charge in [0.25, 0.3) is 0 Å². The molecule has 2 aliphatic rings. The highest BCUT2D eigenvalue weighted by Gasteiger charge is 2.42. The fraction of sp³-hybridized carbons (Fsp3) is 0.533. The molecule has 5 nitrogen and oxygen atoms in total. The lowest BCUT2D eigenvalue weighted by Gasteiger charge is -2.26. The van der Waals surface area contributed by atoms with Crippen LogP contribution in [0, 0.1) is 5.92 Å². The summed E-state index contributed by atoms with van der Waals surface area (Å²) >= 11 is 0. The van der Waals surface area contributed by atoms with Gasteiger partial charge in [0.05, 0.1) is 12.0 Å². The summed E-state index contributed by atoms with van der Waals surface area (Å²) in [4.78, 5) is 16.1. The molecule has 0 amide bonds. The molecule has 20 heavy (non-hydrogen) atoms. The molecule has 5 heteroatoms. The van der Waals surface area contributed by atoms with Gasteiger partial charge in [-0.25, -0.2) is 9.68 Å². The van der Waals surface area contributed by atoms with Crippen LogP contribution in [0.5, 0.6) is 0 Å². The SMILES string of the molecule is C=C1C(=O)O[C@@H]2/C=C(\C)CC[C@@H](OO)C(=C)C[C@H](O)[C@@H]12. The smallest absolute Gasteiger partial charge is 0.334 e. The number of aliphatic hydroxyl groups is 1. The maximum Gasteiger partial charge on any atom is 0.334 e. The van der Waals surface area contributed by atoms with Crippen LogP contribution in [0.1, 0.15) is 26.2 Å². The Morgan fingerprint density at radius 3 is 2.80 bits per heavy atom. The Bertz CT molecular complexity index is 465. The Kier molecular flexibility index (Phi) is 4.42. The van der Waals surface area contributed by atoms with E-state index in [1.807, 2.05) is 13.0 Å². The molecule has 2 N–H and O–H groups in total. The molecular weight excluding hydrogens is 260 g/mol. The second kappa shape index (κ2) is 5.91. The van der Waals surface area contributed by atoms with Gasteiger partial charge in [0.15, 0.2) is 0 Å². The number of carbonyl (C=O) groups excluding carboxylic acids is 1. The third-order valence-corrected chi connectivity index (χ3v) is 3.98. The van der Waals surface area contributed by atoms with Gasteiger partial charge in [-0.1, -0.05) is 18.7 Å². The van der Waals surface area contributed by atoms with Crippen LogP contribution in [0.3, 0.4) is 0 Å². The van der Waals surface area contributed by atoms with Gasteiger partial charge in [-0.3, -0.25) is 5.26 Å². The zero-order chi connectivity index (χ0) is 14.9. The number of fused-ring (bicyclic) bond motifs is 1. The van der Waals surface area contributed by atoms with Crippen molar-refractivity contribution >= 4 is 5.97 Å². The topological polar surface area (TPSA) is 76.0 Å². The lowest BCUT2D eigenvalue weighted by atomic mass is 9.84. The summed E-state index contributed by atoms with van der Waals surface area (Å²) in [6, 6.07) is 0. The first kappa shape index (κ1) is 15.0. The number of aliphatic hydroxyl groups excluding tert-OH is 1. The number of allylic oxidation sites excluding steroid dienone is 1. The molecule has 4 atom stereocenters. The van der Waals surface area contributed by atoms with E-state index in [0.717, 1.165) is 5.57 Å². The Labute approximate surface area is 118 Å². The summed E-state index contributed by atoms with van der Waals surface area (Å²) in [6.45, 7) is 9.48. The lowest BCUT2D eigenvalue weighted by molar-refractivity contribution is -0.270. The molecule has 0 aromatic rings. The van der Waals surface area contributed by atoms with Gasteiger partial charge in [0, 0.05) is 5.57 Å². The summed E-state index contributed by atoms with van der Waals surface area (Å²) in [6.07, 6.45) is 1.48. The van der Waals surface area contributed by atoms with Crippen molar-refractivity contribution < 1.29 is 24.8 Å². The van der Waals surface area contributed by atoms with Crippen molar-refractivity contribution in [3.63, 3.8) is 0 Å². The average Bonchev–Trinajstić information content (AvgIpc) is 2.64. The standard InChI is InChI=1S/C15H20O5/c1-8-4-5-12(20-18)9(2)7-11(16)14-10(3)15(17)19-13(14)6-8/h6,11-14,16,18H,2-5,7H2,1H3/b8-6+/t11-,12+,13+,14+/m0/s1. The van der Waals surface area contributed by atoms with E-state index in [-0.39, 0.29) is 12.0 Å². The van der Waals surface area contributed by atoms with Crippen molar-refractivity contribution in [2.45, 2.75) is 44.5 Å². The fourth-order valence-corrected chi connectivity index (χ4v) is 2.78. The molecule has 0 aromatic heterocycles. The van der Waals surface area contributed by atoms with E-state index in [9.17, 15) is 9.90 Å². The van der Waals surface area contributed by atoms with Crippen LogP contribution in [0.2, 0.25) is 0 Å².